The van der Waals surface area contributed by atoms with Gasteiger partial charge in [-0.2, -0.15) is 13.2 Å². The molecule has 0 saturated heterocycles. The summed E-state index contributed by atoms with van der Waals surface area (Å²) in [6, 6.07) is 0. The van der Waals surface area contributed by atoms with Crippen molar-refractivity contribution in [1.82, 2.24) is 0 Å². The average Bonchev–Trinajstić information content (AvgIpc) is 1.60. The van der Waals surface area contributed by atoms with Crippen LogP contribution in [0.1, 0.15) is 0 Å². The summed E-state index contributed by atoms with van der Waals surface area (Å²) in [7, 11) is 0. The molecule has 0 aliphatic heterocycles. The number of nitrogens with two attached hydrogens (primary N) is 1. The van der Waals surface area contributed by atoms with Gasteiger partial charge in [0.05, 0.1) is 0 Å². The van der Waals surface area contributed by atoms with Crippen LogP contribution in [0.2, 0.25) is 0 Å². The summed E-state index contributed by atoms with van der Waals surface area (Å²) in [5.41, 5.74) is 4.71. The van der Waals surface area contributed by atoms with E-state index in [-0.39, 0.29) is 0 Å². The molecule has 60 valence electrons. The predicted molar refractivity (Wildman–Crippen MR) is 32.2 cm³/mol. The molecule has 0 aromatic carbocycles. The Kier molecular flexibility index (Phi) is 3.11. The normalized spacial score (nSPS) is 14.9. The van der Waals surface area contributed by atoms with Gasteiger partial charge in [-0.05, 0) is 0 Å². The fourth-order valence-corrected chi connectivity index (χ4v) is 0.594. The van der Waals surface area contributed by atoms with E-state index in [1.807, 2.05) is 0 Å². The van der Waals surface area contributed by atoms with Gasteiger partial charge in [-0.3, -0.25) is 5.41 Å². The maximum atomic E-state index is 11.7. The van der Waals surface area contributed by atoms with E-state index >= 15 is 0 Å². The second-order valence-corrected chi connectivity index (χ2v) is 2.09. The van der Waals surface area contributed by atoms with Crippen molar-refractivity contribution in [3.8, 4) is 0 Å². The zero-order valence-corrected chi connectivity index (χ0v) is 5.63. The van der Waals surface area contributed by atoms with Gasteiger partial charge in [-0.15, -0.1) is 0 Å². The zero-order valence-electron chi connectivity index (χ0n) is 4.87. The molecule has 0 fully saturated rings. The summed E-state index contributed by atoms with van der Waals surface area (Å²) in [6.45, 7) is -0.675. The van der Waals surface area contributed by atoms with Crippen molar-refractivity contribution in [3.05, 3.63) is 0 Å². The Bertz CT molecular complexity index is 133. The van der Waals surface area contributed by atoms with Crippen molar-refractivity contribution < 1.29 is 13.2 Å². The van der Waals surface area contributed by atoms with E-state index in [9.17, 15) is 13.2 Å². The van der Waals surface area contributed by atoms with Gasteiger partial charge in [0, 0.05) is 6.54 Å². The maximum Gasteiger partial charge on any atom is 0.399 e. The summed E-state index contributed by atoms with van der Waals surface area (Å²) in [5, 5.41) is 5.51. The SMILES string of the molecule is N=C(Cl)C(CN)C(F)(F)F. The minimum Gasteiger partial charge on any atom is -0.329 e. The van der Waals surface area contributed by atoms with E-state index in [0.717, 1.165) is 0 Å². The highest BCUT2D eigenvalue weighted by atomic mass is 35.5. The van der Waals surface area contributed by atoms with E-state index in [1.54, 1.807) is 0 Å². The van der Waals surface area contributed by atoms with Crippen LogP contribution in [-0.4, -0.2) is 17.9 Å². The first-order chi connectivity index (χ1) is 4.39. The third-order valence-electron chi connectivity index (χ3n) is 0.937. The lowest BCUT2D eigenvalue weighted by Gasteiger charge is -2.14. The topological polar surface area (TPSA) is 49.9 Å². The number of rotatable bonds is 2. The van der Waals surface area contributed by atoms with E-state index in [1.165, 1.54) is 0 Å². The van der Waals surface area contributed by atoms with Crippen LogP contribution >= 0.6 is 11.6 Å². The molecule has 0 amide bonds. The summed E-state index contributed by atoms with van der Waals surface area (Å²) in [6.07, 6.45) is -4.49. The van der Waals surface area contributed by atoms with Gasteiger partial charge in [0.1, 0.15) is 11.1 Å². The lowest BCUT2D eigenvalue weighted by Crippen LogP contribution is -2.34. The number of nitrogens with one attached hydrogen (secondary N) is 1. The fourth-order valence-electron chi connectivity index (χ4n) is 0.381. The number of hydrogen-bond donors (Lipinski definition) is 2. The van der Waals surface area contributed by atoms with Crippen molar-refractivity contribution >= 4 is 16.8 Å². The molecule has 0 heterocycles. The van der Waals surface area contributed by atoms with E-state index in [4.69, 9.17) is 22.7 Å². The molecule has 0 bridgehead atoms. The highest BCUT2D eigenvalue weighted by Gasteiger charge is 2.40. The van der Waals surface area contributed by atoms with E-state index < -0.39 is 23.8 Å². The van der Waals surface area contributed by atoms with Gasteiger partial charge in [0.25, 0.3) is 0 Å². The molecule has 3 N–H and O–H groups in total. The summed E-state index contributed by atoms with van der Waals surface area (Å²) < 4.78 is 35.0. The molecule has 1 unspecified atom stereocenters. The Morgan fingerprint density at radius 1 is 1.60 bits per heavy atom. The van der Waals surface area contributed by atoms with Crippen LogP contribution < -0.4 is 5.73 Å². The van der Waals surface area contributed by atoms with Gasteiger partial charge >= 0.3 is 6.18 Å². The van der Waals surface area contributed by atoms with Crippen LogP contribution in [0.3, 0.4) is 0 Å². The van der Waals surface area contributed by atoms with Crippen LogP contribution in [0.4, 0.5) is 13.2 Å². The Morgan fingerprint density at radius 3 is 2.00 bits per heavy atom. The number of alkyl halides is 3. The van der Waals surface area contributed by atoms with Gasteiger partial charge in [-0.25, -0.2) is 0 Å². The Labute approximate surface area is 60.7 Å². The van der Waals surface area contributed by atoms with E-state index in [2.05, 4.69) is 0 Å². The van der Waals surface area contributed by atoms with Crippen molar-refractivity contribution in [2.45, 2.75) is 6.18 Å². The maximum absolute atomic E-state index is 11.7. The van der Waals surface area contributed by atoms with Crippen LogP contribution in [0.15, 0.2) is 0 Å². The quantitative estimate of drug-likeness (QED) is 0.610. The van der Waals surface area contributed by atoms with Gasteiger partial charge in [0.15, 0.2) is 0 Å². The predicted octanol–water partition coefficient (Wildman–Crippen LogP) is 1.34. The summed E-state index contributed by atoms with van der Waals surface area (Å²) in [5.74, 6) is -2.01. The first-order valence-electron chi connectivity index (χ1n) is 2.40. The molecule has 0 aliphatic rings. The lowest BCUT2D eigenvalue weighted by molar-refractivity contribution is -0.152. The molecule has 10 heavy (non-hydrogen) atoms. The Hall–Kier alpha value is -0.290. The molecule has 6 heteroatoms. The molecule has 0 aromatic heterocycles. The zero-order chi connectivity index (χ0) is 8.36. The van der Waals surface area contributed by atoms with Crippen LogP contribution in [-0.2, 0) is 0 Å². The molecule has 1 atom stereocenters. The van der Waals surface area contributed by atoms with Crippen LogP contribution in [0, 0.1) is 11.3 Å². The second kappa shape index (κ2) is 3.21. The minimum absolute atomic E-state index is 0.675. The van der Waals surface area contributed by atoms with Gasteiger partial charge < -0.3 is 5.73 Å². The van der Waals surface area contributed by atoms with Crippen LogP contribution in [0.25, 0.3) is 0 Å². The van der Waals surface area contributed by atoms with E-state index in [0.29, 0.717) is 0 Å². The molecular weight excluding hydrogens is 169 g/mol. The van der Waals surface area contributed by atoms with Crippen molar-refractivity contribution in [3.63, 3.8) is 0 Å². The number of hydrogen-bond acceptors (Lipinski definition) is 2. The monoisotopic (exact) mass is 174 g/mol. The molecular formula is C4H6ClF3N2. The molecule has 0 rings (SSSR count). The van der Waals surface area contributed by atoms with Gasteiger partial charge in [0.2, 0.25) is 0 Å². The van der Waals surface area contributed by atoms with Crippen LogP contribution in [0.5, 0.6) is 0 Å². The first kappa shape index (κ1) is 9.71. The molecule has 2 nitrogen and oxygen atoms in total. The second-order valence-electron chi connectivity index (χ2n) is 1.68. The molecule has 0 aromatic rings. The largest absolute Gasteiger partial charge is 0.399 e. The molecule has 0 radical (unpaired) electrons. The third kappa shape index (κ3) is 2.53. The van der Waals surface area contributed by atoms with Gasteiger partial charge in [-0.1, -0.05) is 11.6 Å². The lowest BCUT2D eigenvalue weighted by atomic mass is 10.1. The van der Waals surface area contributed by atoms with Crippen molar-refractivity contribution in [1.29, 1.82) is 5.41 Å². The molecule has 0 aliphatic carbocycles. The highest BCUT2D eigenvalue weighted by Crippen LogP contribution is 2.26. The summed E-state index contributed by atoms with van der Waals surface area (Å²) >= 11 is 4.81. The summed E-state index contributed by atoms with van der Waals surface area (Å²) in [4.78, 5) is 0. The average molecular weight is 175 g/mol. The fraction of sp³-hybridized carbons (Fsp3) is 0.750. The van der Waals surface area contributed by atoms with Crippen molar-refractivity contribution in [2.24, 2.45) is 11.7 Å². The molecule has 0 saturated carbocycles. The third-order valence-corrected chi connectivity index (χ3v) is 1.20. The minimum atomic E-state index is -4.49. The number of halogens is 4. The first-order valence-corrected chi connectivity index (χ1v) is 2.78. The highest BCUT2D eigenvalue weighted by molar-refractivity contribution is 6.65. The Morgan fingerprint density at radius 2 is 2.00 bits per heavy atom. The molecule has 0 spiro atoms. The Balaban J connectivity index is 4.22. The van der Waals surface area contributed by atoms with Crippen molar-refractivity contribution in [2.75, 3.05) is 6.54 Å². The smallest absolute Gasteiger partial charge is 0.329 e. The standard InChI is InChI=1S/C4H6ClF3N2/c5-3(10)2(1-9)4(6,7)8/h2,10H,1,9H2.